The number of aromatic nitrogens is 5. The third-order valence-corrected chi connectivity index (χ3v) is 6.66. The minimum Gasteiger partial charge on any atom is -0.383 e. The van der Waals surface area contributed by atoms with Gasteiger partial charge in [0.2, 0.25) is 0 Å². The molecule has 0 spiro atoms. The molecule has 3 heterocycles. The van der Waals surface area contributed by atoms with Crippen LogP contribution in [0.2, 0.25) is 0 Å². The van der Waals surface area contributed by atoms with Gasteiger partial charge in [-0.05, 0) is 24.3 Å². The van der Waals surface area contributed by atoms with Crippen molar-refractivity contribution in [2.24, 2.45) is 0 Å². The van der Waals surface area contributed by atoms with Crippen molar-refractivity contribution in [1.29, 1.82) is 0 Å². The number of halogens is 3. The Balaban J connectivity index is 1.61. The van der Waals surface area contributed by atoms with Gasteiger partial charge in [-0.3, -0.25) is 0 Å². The molecule has 8 nitrogen and oxygen atoms in total. The van der Waals surface area contributed by atoms with Gasteiger partial charge in [-0.15, -0.1) is 0 Å². The lowest BCUT2D eigenvalue weighted by Gasteiger charge is -2.10. The van der Waals surface area contributed by atoms with Gasteiger partial charge in [0.05, 0.1) is 10.4 Å². The Morgan fingerprint density at radius 1 is 1.00 bits per heavy atom. The predicted molar refractivity (Wildman–Crippen MR) is 126 cm³/mol. The van der Waals surface area contributed by atoms with Crippen molar-refractivity contribution in [1.82, 2.24) is 24.6 Å². The highest BCUT2D eigenvalue weighted by atomic mass is 32.2. The first-order valence-electron chi connectivity index (χ1n) is 10.5. The molecule has 0 aliphatic carbocycles. The molecule has 0 unspecified atom stereocenters. The standard InChI is InChI=1S/C24H17F3N6O2S/c1-36(34,35)19-7-3-2-5-15(19)16-12-29-24(32-23(16)28)22-18-6-4-8-30-33(18)20(31-22)10-13-9-14(25)11-17(26)21(13)27/h2-9,11-12H,10H2,1H3,(H2,28,29,32). The molecule has 0 radical (unpaired) electrons. The first-order chi connectivity index (χ1) is 17.1. The van der Waals surface area contributed by atoms with Crippen molar-refractivity contribution >= 4 is 21.2 Å². The second-order valence-electron chi connectivity index (χ2n) is 8.00. The minimum atomic E-state index is -3.54. The quantitative estimate of drug-likeness (QED) is 0.357. The number of hydrogen-bond donors (Lipinski definition) is 1. The summed E-state index contributed by atoms with van der Waals surface area (Å²) < 4.78 is 67.5. The molecule has 2 aromatic carbocycles. The molecule has 5 aromatic rings. The summed E-state index contributed by atoms with van der Waals surface area (Å²) in [7, 11) is -3.54. The first kappa shape index (κ1) is 23.4. The number of imidazole rings is 1. The summed E-state index contributed by atoms with van der Waals surface area (Å²) in [6.07, 6.45) is 3.71. The van der Waals surface area contributed by atoms with Crippen molar-refractivity contribution in [2.45, 2.75) is 11.3 Å². The molecule has 3 aromatic heterocycles. The van der Waals surface area contributed by atoms with Crippen LogP contribution < -0.4 is 5.73 Å². The van der Waals surface area contributed by atoms with Gasteiger partial charge in [-0.1, -0.05) is 18.2 Å². The van der Waals surface area contributed by atoms with Crippen LogP contribution >= 0.6 is 0 Å². The van der Waals surface area contributed by atoms with E-state index in [0.717, 1.165) is 12.3 Å². The van der Waals surface area contributed by atoms with Crippen LogP contribution in [0.25, 0.3) is 28.2 Å². The zero-order chi connectivity index (χ0) is 25.6. The van der Waals surface area contributed by atoms with Gasteiger partial charge < -0.3 is 5.73 Å². The van der Waals surface area contributed by atoms with Gasteiger partial charge in [0, 0.05) is 47.8 Å². The molecular weight excluding hydrogens is 493 g/mol. The van der Waals surface area contributed by atoms with E-state index in [0.29, 0.717) is 22.7 Å². The Hall–Kier alpha value is -4.32. The van der Waals surface area contributed by atoms with E-state index in [1.54, 1.807) is 30.3 Å². The molecule has 0 saturated carbocycles. The van der Waals surface area contributed by atoms with Crippen molar-refractivity contribution < 1.29 is 21.6 Å². The van der Waals surface area contributed by atoms with Crippen molar-refractivity contribution in [2.75, 3.05) is 12.0 Å². The van der Waals surface area contributed by atoms with Crippen LogP contribution in [-0.2, 0) is 16.3 Å². The predicted octanol–water partition coefficient (Wildman–Crippen LogP) is 3.85. The number of nitrogen functional groups attached to an aromatic ring is 1. The lowest BCUT2D eigenvalue weighted by molar-refractivity contribution is 0.486. The summed E-state index contributed by atoms with van der Waals surface area (Å²) in [5, 5.41) is 4.21. The SMILES string of the molecule is CS(=O)(=O)c1ccccc1-c1cnc(-c2nc(Cc3cc(F)cc(F)c3F)n3ncccc23)nc1N. The van der Waals surface area contributed by atoms with Gasteiger partial charge in [0.1, 0.15) is 23.2 Å². The fourth-order valence-electron chi connectivity index (χ4n) is 3.91. The molecule has 0 fully saturated rings. The maximum Gasteiger partial charge on any atom is 0.182 e. The zero-order valence-electron chi connectivity index (χ0n) is 18.7. The lowest BCUT2D eigenvalue weighted by atomic mass is 10.1. The molecule has 36 heavy (non-hydrogen) atoms. The topological polar surface area (TPSA) is 116 Å². The zero-order valence-corrected chi connectivity index (χ0v) is 19.5. The Morgan fingerprint density at radius 3 is 2.53 bits per heavy atom. The van der Waals surface area contributed by atoms with E-state index in [9.17, 15) is 21.6 Å². The summed E-state index contributed by atoms with van der Waals surface area (Å²) >= 11 is 0. The summed E-state index contributed by atoms with van der Waals surface area (Å²) in [4.78, 5) is 13.2. The molecule has 0 atom stereocenters. The molecule has 5 rings (SSSR count). The van der Waals surface area contributed by atoms with Crippen LogP contribution in [0, 0.1) is 17.5 Å². The van der Waals surface area contributed by atoms with Crippen LogP contribution in [0.4, 0.5) is 19.0 Å². The molecule has 182 valence electrons. The first-order valence-corrected chi connectivity index (χ1v) is 12.4. The fourth-order valence-corrected chi connectivity index (χ4v) is 4.81. The number of sulfone groups is 1. The second-order valence-corrected chi connectivity index (χ2v) is 9.98. The number of benzene rings is 2. The van der Waals surface area contributed by atoms with Gasteiger partial charge >= 0.3 is 0 Å². The average Bonchev–Trinajstić information content (AvgIpc) is 3.20. The molecule has 0 aliphatic heterocycles. The highest BCUT2D eigenvalue weighted by molar-refractivity contribution is 7.90. The van der Waals surface area contributed by atoms with E-state index in [4.69, 9.17) is 5.73 Å². The van der Waals surface area contributed by atoms with Crippen LogP contribution in [0.1, 0.15) is 11.4 Å². The van der Waals surface area contributed by atoms with Crippen molar-refractivity contribution in [3.8, 4) is 22.6 Å². The van der Waals surface area contributed by atoms with E-state index < -0.39 is 27.3 Å². The van der Waals surface area contributed by atoms with E-state index in [1.165, 1.54) is 23.0 Å². The Bertz CT molecular complexity index is 1750. The average molecular weight is 511 g/mol. The largest absolute Gasteiger partial charge is 0.383 e. The third kappa shape index (κ3) is 4.15. The fraction of sp³-hybridized carbons (Fsp3) is 0.0833. The summed E-state index contributed by atoms with van der Waals surface area (Å²) in [6.45, 7) is 0. The number of hydrogen-bond acceptors (Lipinski definition) is 7. The molecule has 2 N–H and O–H groups in total. The van der Waals surface area contributed by atoms with Gasteiger partial charge in [-0.25, -0.2) is 41.1 Å². The molecular formula is C24H17F3N6O2S. The monoisotopic (exact) mass is 510 g/mol. The van der Waals surface area contributed by atoms with E-state index in [-0.39, 0.29) is 40.0 Å². The van der Waals surface area contributed by atoms with Gasteiger partial charge in [-0.2, -0.15) is 5.10 Å². The maximum absolute atomic E-state index is 14.3. The van der Waals surface area contributed by atoms with E-state index in [1.807, 2.05) is 0 Å². The molecule has 0 saturated heterocycles. The van der Waals surface area contributed by atoms with E-state index in [2.05, 4.69) is 20.1 Å². The van der Waals surface area contributed by atoms with Gasteiger partial charge in [0.15, 0.2) is 27.3 Å². The Morgan fingerprint density at radius 2 is 1.78 bits per heavy atom. The van der Waals surface area contributed by atoms with Crippen LogP contribution in [0.3, 0.4) is 0 Å². The summed E-state index contributed by atoms with van der Waals surface area (Å²) in [5.41, 5.74) is 7.35. The highest BCUT2D eigenvalue weighted by Crippen LogP contribution is 2.32. The highest BCUT2D eigenvalue weighted by Gasteiger charge is 2.21. The molecule has 0 aliphatic rings. The number of nitrogens with two attached hydrogens (primary N) is 1. The van der Waals surface area contributed by atoms with Crippen LogP contribution in [-0.4, -0.2) is 39.2 Å². The lowest BCUT2D eigenvalue weighted by Crippen LogP contribution is -2.04. The number of nitrogens with zero attached hydrogens (tertiary/aromatic N) is 5. The molecule has 0 bridgehead atoms. The third-order valence-electron chi connectivity index (χ3n) is 5.50. The number of anilines is 1. The van der Waals surface area contributed by atoms with Crippen molar-refractivity contribution in [3.05, 3.63) is 89.8 Å². The van der Waals surface area contributed by atoms with Crippen LogP contribution in [0.15, 0.2) is 65.8 Å². The van der Waals surface area contributed by atoms with Crippen LogP contribution in [0.5, 0.6) is 0 Å². The minimum absolute atomic E-state index is 0.0148. The second kappa shape index (κ2) is 8.72. The van der Waals surface area contributed by atoms with Gasteiger partial charge in [0.25, 0.3) is 0 Å². The summed E-state index contributed by atoms with van der Waals surface area (Å²) in [5.74, 6) is -3.09. The molecule has 0 amide bonds. The number of fused-ring (bicyclic) bond motifs is 1. The normalized spacial score (nSPS) is 11.8. The maximum atomic E-state index is 14.3. The Kier molecular flexibility index (Phi) is 5.67. The van der Waals surface area contributed by atoms with E-state index >= 15 is 0 Å². The molecule has 12 heteroatoms. The number of rotatable bonds is 5. The van der Waals surface area contributed by atoms with Crippen molar-refractivity contribution in [3.63, 3.8) is 0 Å². The smallest absolute Gasteiger partial charge is 0.182 e. The summed E-state index contributed by atoms with van der Waals surface area (Å²) in [6, 6.07) is 11.0. The Labute approximate surface area is 203 Å².